The van der Waals surface area contributed by atoms with Gasteiger partial charge < -0.3 is 19.3 Å². The van der Waals surface area contributed by atoms with E-state index in [1.54, 1.807) is 4.57 Å². The zero-order chi connectivity index (χ0) is 14.3. The Morgan fingerprint density at radius 1 is 1.40 bits per heavy atom. The highest BCUT2D eigenvalue weighted by molar-refractivity contribution is 5.99. The molecule has 0 bridgehead atoms. The summed E-state index contributed by atoms with van der Waals surface area (Å²) in [4.78, 5) is 25.8. The fourth-order valence-corrected chi connectivity index (χ4v) is 3.08. The van der Waals surface area contributed by atoms with Gasteiger partial charge >= 0.3 is 5.97 Å². The van der Waals surface area contributed by atoms with Gasteiger partial charge in [-0.25, -0.2) is 4.79 Å². The molecular formula is C14H18N2O4. The van der Waals surface area contributed by atoms with Crippen LogP contribution in [-0.4, -0.2) is 45.6 Å². The SMILES string of the molecule is C[C@@H]1CCCN1C(=O)c1cc(C(=O)O)n2c1COCC2. The molecule has 108 valence electrons. The summed E-state index contributed by atoms with van der Waals surface area (Å²) in [5.74, 6) is -1.07. The van der Waals surface area contributed by atoms with Crippen LogP contribution in [0.25, 0.3) is 0 Å². The van der Waals surface area contributed by atoms with Gasteiger partial charge in [0.2, 0.25) is 0 Å². The highest BCUT2D eigenvalue weighted by Gasteiger charge is 2.31. The van der Waals surface area contributed by atoms with Gasteiger partial charge in [0, 0.05) is 19.1 Å². The number of amides is 1. The van der Waals surface area contributed by atoms with Crippen LogP contribution in [0.1, 0.15) is 46.3 Å². The fraction of sp³-hybridized carbons (Fsp3) is 0.571. The molecule has 1 aromatic heterocycles. The molecule has 20 heavy (non-hydrogen) atoms. The summed E-state index contributed by atoms with van der Waals surface area (Å²) in [5, 5.41) is 9.27. The number of hydrogen-bond donors (Lipinski definition) is 1. The number of carboxylic acid groups (broad SMARTS) is 1. The molecule has 0 aliphatic carbocycles. The van der Waals surface area contributed by atoms with E-state index in [1.807, 2.05) is 11.8 Å². The molecule has 1 saturated heterocycles. The Kier molecular flexibility index (Phi) is 3.25. The van der Waals surface area contributed by atoms with Crippen molar-refractivity contribution in [1.29, 1.82) is 0 Å². The van der Waals surface area contributed by atoms with E-state index in [4.69, 9.17) is 4.74 Å². The minimum absolute atomic E-state index is 0.0725. The number of hydrogen-bond acceptors (Lipinski definition) is 3. The average molecular weight is 278 g/mol. The largest absolute Gasteiger partial charge is 0.477 e. The number of nitrogens with zero attached hydrogens (tertiary/aromatic N) is 2. The molecule has 0 unspecified atom stereocenters. The number of carboxylic acids is 1. The van der Waals surface area contributed by atoms with Crippen molar-refractivity contribution in [2.75, 3.05) is 13.2 Å². The number of aromatic carboxylic acids is 1. The Bertz CT molecular complexity index is 564. The van der Waals surface area contributed by atoms with Crippen LogP contribution < -0.4 is 0 Å². The first-order chi connectivity index (χ1) is 9.59. The van der Waals surface area contributed by atoms with Gasteiger partial charge in [-0.3, -0.25) is 4.79 Å². The quantitative estimate of drug-likeness (QED) is 0.886. The van der Waals surface area contributed by atoms with E-state index < -0.39 is 5.97 Å². The molecule has 0 aromatic carbocycles. The Hall–Kier alpha value is -1.82. The van der Waals surface area contributed by atoms with Gasteiger partial charge in [0.05, 0.1) is 24.5 Å². The molecule has 0 radical (unpaired) electrons. The number of rotatable bonds is 2. The lowest BCUT2D eigenvalue weighted by molar-refractivity contribution is 0.0633. The standard InChI is InChI=1S/C14H18N2O4/c1-9-3-2-4-15(9)13(17)10-7-11(14(18)19)16-5-6-20-8-12(10)16/h7,9H,2-6,8H2,1H3,(H,18,19)/t9-/m1/s1. The Morgan fingerprint density at radius 2 is 2.20 bits per heavy atom. The summed E-state index contributed by atoms with van der Waals surface area (Å²) in [6, 6.07) is 1.72. The topological polar surface area (TPSA) is 71.8 Å². The van der Waals surface area contributed by atoms with Gasteiger partial charge in [-0.1, -0.05) is 0 Å². The average Bonchev–Trinajstić information content (AvgIpc) is 3.01. The van der Waals surface area contributed by atoms with Gasteiger partial charge in [-0.2, -0.15) is 0 Å². The zero-order valence-corrected chi connectivity index (χ0v) is 11.5. The molecule has 3 rings (SSSR count). The lowest BCUT2D eigenvalue weighted by Crippen LogP contribution is -2.34. The maximum atomic E-state index is 12.6. The number of aromatic nitrogens is 1. The second-order valence-electron chi connectivity index (χ2n) is 5.39. The highest BCUT2D eigenvalue weighted by atomic mass is 16.5. The lowest BCUT2D eigenvalue weighted by atomic mass is 10.2. The summed E-state index contributed by atoms with van der Waals surface area (Å²) < 4.78 is 7.08. The van der Waals surface area contributed by atoms with Crippen LogP contribution in [0.5, 0.6) is 0 Å². The Labute approximate surface area is 116 Å². The minimum Gasteiger partial charge on any atom is -0.477 e. The summed E-state index contributed by atoms with van der Waals surface area (Å²) >= 11 is 0. The van der Waals surface area contributed by atoms with Gasteiger partial charge in [0.1, 0.15) is 5.69 Å². The molecule has 1 fully saturated rings. The van der Waals surface area contributed by atoms with E-state index in [-0.39, 0.29) is 17.6 Å². The predicted octanol–water partition coefficient (Wildman–Crippen LogP) is 1.34. The van der Waals surface area contributed by atoms with Crippen molar-refractivity contribution in [3.63, 3.8) is 0 Å². The van der Waals surface area contributed by atoms with Crippen LogP contribution in [0.3, 0.4) is 0 Å². The van der Waals surface area contributed by atoms with E-state index >= 15 is 0 Å². The number of ether oxygens (including phenoxy) is 1. The number of carbonyl (C=O) groups is 2. The highest BCUT2D eigenvalue weighted by Crippen LogP contribution is 2.26. The van der Waals surface area contributed by atoms with Crippen molar-refractivity contribution in [2.24, 2.45) is 0 Å². The second kappa shape index (κ2) is 4.94. The molecule has 1 N–H and O–H groups in total. The van der Waals surface area contributed by atoms with Gasteiger partial charge in [0.25, 0.3) is 5.91 Å². The minimum atomic E-state index is -0.998. The molecular weight excluding hydrogens is 260 g/mol. The third kappa shape index (κ3) is 2.00. The van der Waals surface area contributed by atoms with Crippen LogP contribution in [0, 0.1) is 0 Å². The Morgan fingerprint density at radius 3 is 2.85 bits per heavy atom. The first kappa shape index (κ1) is 13.2. The number of carbonyl (C=O) groups excluding carboxylic acids is 1. The lowest BCUT2D eigenvalue weighted by Gasteiger charge is -2.23. The van der Waals surface area contributed by atoms with Crippen molar-refractivity contribution in [2.45, 2.75) is 39.0 Å². The molecule has 0 saturated carbocycles. The van der Waals surface area contributed by atoms with Gasteiger partial charge in [0.15, 0.2) is 0 Å². The molecule has 1 amide bonds. The summed E-state index contributed by atoms with van der Waals surface area (Å²) in [6.07, 6.45) is 2.01. The van der Waals surface area contributed by atoms with E-state index in [2.05, 4.69) is 0 Å². The van der Waals surface area contributed by atoms with Crippen LogP contribution in [0.2, 0.25) is 0 Å². The van der Waals surface area contributed by atoms with Crippen LogP contribution in [0.4, 0.5) is 0 Å². The molecule has 6 nitrogen and oxygen atoms in total. The van der Waals surface area contributed by atoms with E-state index in [0.717, 1.165) is 19.4 Å². The van der Waals surface area contributed by atoms with E-state index in [9.17, 15) is 14.7 Å². The summed E-state index contributed by atoms with van der Waals surface area (Å²) in [7, 11) is 0. The third-order valence-electron chi connectivity index (χ3n) is 4.17. The van der Waals surface area contributed by atoms with Gasteiger partial charge in [-0.15, -0.1) is 0 Å². The molecule has 6 heteroatoms. The molecule has 1 aromatic rings. The molecule has 1 atom stereocenters. The molecule has 3 heterocycles. The van der Waals surface area contributed by atoms with Crippen molar-refractivity contribution < 1.29 is 19.4 Å². The first-order valence-corrected chi connectivity index (χ1v) is 6.94. The summed E-state index contributed by atoms with van der Waals surface area (Å²) in [5.41, 5.74) is 1.35. The van der Waals surface area contributed by atoms with E-state index in [0.29, 0.717) is 31.0 Å². The molecule has 2 aliphatic rings. The van der Waals surface area contributed by atoms with Crippen molar-refractivity contribution in [1.82, 2.24) is 9.47 Å². The third-order valence-corrected chi connectivity index (χ3v) is 4.17. The Balaban J connectivity index is 2.01. The molecule has 2 aliphatic heterocycles. The molecule has 0 spiro atoms. The second-order valence-corrected chi connectivity index (χ2v) is 5.39. The number of likely N-dealkylation sites (tertiary alicyclic amines) is 1. The smallest absolute Gasteiger partial charge is 0.352 e. The maximum absolute atomic E-state index is 12.6. The van der Waals surface area contributed by atoms with E-state index in [1.165, 1.54) is 6.07 Å². The van der Waals surface area contributed by atoms with Crippen molar-refractivity contribution in [3.8, 4) is 0 Å². The van der Waals surface area contributed by atoms with Crippen molar-refractivity contribution >= 4 is 11.9 Å². The first-order valence-electron chi connectivity index (χ1n) is 6.94. The van der Waals surface area contributed by atoms with Crippen molar-refractivity contribution in [3.05, 3.63) is 23.0 Å². The fourth-order valence-electron chi connectivity index (χ4n) is 3.08. The van der Waals surface area contributed by atoms with Crippen LogP contribution in [-0.2, 0) is 17.9 Å². The van der Waals surface area contributed by atoms with Gasteiger partial charge in [-0.05, 0) is 25.8 Å². The van der Waals surface area contributed by atoms with Crippen LogP contribution >= 0.6 is 0 Å². The summed E-state index contributed by atoms with van der Waals surface area (Å²) in [6.45, 7) is 4.04. The van der Waals surface area contributed by atoms with Crippen LogP contribution in [0.15, 0.2) is 6.07 Å². The predicted molar refractivity (Wildman–Crippen MR) is 70.8 cm³/mol. The normalized spacial score (nSPS) is 21.9. The maximum Gasteiger partial charge on any atom is 0.352 e. The monoisotopic (exact) mass is 278 g/mol. The number of fused-ring (bicyclic) bond motifs is 1. The zero-order valence-electron chi connectivity index (χ0n) is 11.5.